The fourth-order valence-corrected chi connectivity index (χ4v) is 4.31. The van der Waals surface area contributed by atoms with Crippen LogP contribution >= 0.6 is 0 Å². The molecule has 3 rings (SSSR count). The summed E-state index contributed by atoms with van der Waals surface area (Å²) in [7, 11) is 2.81. The molecule has 2 aromatic rings. The van der Waals surface area contributed by atoms with Gasteiger partial charge in [0.05, 0.1) is 31.4 Å². The van der Waals surface area contributed by atoms with E-state index in [9.17, 15) is 19.5 Å². The van der Waals surface area contributed by atoms with Gasteiger partial charge in [0.2, 0.25) is 0 Å². The van der Waals surface area contributed by atoms with Crippen molar-refractivity contribution < 1.29 is 29.0 Å². The first-order chi connectivity index (χ1) is 16.9. The third-order valence-electron chi connectivity index (χ3n) is 6.30. The molecule has 8 heteroatoms. The van der Waals surface area contributed by atoms with Crippen LogP contribution in [0.1, 0.15) is 47.8 Å². The molecular formula is C27H32N2O6. The smallest absolute Gasteiger partial charge is 0.337 e. The summed E-state index contributed by atoms with van der Waals surface area (Å²) in [5.41, 5.74) is 1.35. The van der Waals surface area contributed by atoms with Crippen molar-refractivity contribution in [1.29, 1.82) is 0 Å². The molecular weight excluding hydrogens is 448 g/mol. The Morgan fingerprint density at radius 3 is 2.31 bits per heavy atom. The molecule has 1 saturated heterocycles. The zero-order valence-electron chi connectivity index (χ0n) is 20.6. The molecule has 1 fully saturated rings. The molecule has 0 bridgehead atoms. The molecule has 1 N–H and O–H groups in total. The number of esters is 1. The maximum absolute atomic E-state index is 13.2. The summed E-state index contributed by atoms with van der Waals surface area (Å²) >= 11 is 0. The molecule has 1 aliphatic heterocycles. The molecule has 8 nitrogen and oxygen atoms in total. The van der Waals surface area contributed by atoms with Gasteiger partial charge in [-0.3, -0.25) is 9.59 Å². The number of rotatable bonds is 10. The third-order valence-corrected chi connectivity index (χ3v) is 6.30. The fraction of sp³-hybridized carbons (Fsp3) is 0.370. The van der Waals surface area contributed by atoms with Gasteiger partial charge in [0.25, 0.3) is 11.7 Å². The van der Waals surface area contributed by atoms with E-state index in [1.54, 1.807) is 48.5 Å². The van der Waals surface area contributed by atoms with Gasteiger partial charge in [0.1, 0.15) is 11.5 Å². The van der Waals surface area contributed by atoms with E-state index in [0.29, 0.717) is 35.4 Å². The van der Waals surface area contributed by atoms with Crippen LogP contribution in [0.25, 0.3) is 5.76 Å². The highest BCUT2D eigenvalue weighted by Gasteiger charge is 2.45. The minimum atomic E-state index is -0.787. The zero-order valence-corrected chi connectivity index (χ0v) is 20.6. The van der Waals surface area contributed by atoms with Gasteiger partial charge in [-0.2, -0.15) is 0 Å². The Kier molecular flexibility index (Phi) is 8.65. The molecule has 1 atom stereocenters. The Balaban J connectivity index is 2.05. The van der Waals surface area contributed by atoms with Gasteiger partial charge in [-0.1, -0.05) is 38.1 Å². The number of carbonyl (C=O) groups excluding carboxylic acids is 3. The van der Waals surface area contributed by atoms with E-state index in [1.165, 1.54) is 19.1 Å². The first-order valence-corrected chi connectivity index (χ1v) is 11.7. The van der Waals surface area contributed by atoms with Gasteiger partial charge < -0.3 is 24.4 Å². The van der Waals surface area contributed by atoms with Crippen molar-refractivity contribution >= 4 is 23.4 Å². The topological polar surface area (TPSA) is 96.4 Å². The molecule has 186 valence electrons. The summed E-state index contributed by atoms with van der Waals surface area (Å²) in [5, 5.41) is 11.2. The third kappa shape index (κ3) is 5.54. The molecule has 0 radical (unpaired) electrons. The van der Waals surface area contributed by atoms with Crippen molar-refractivity contribution in [2.24, 2.45) is 0 Å². The Morgan fingerprint density at radius 1 is 1.03 bits per heavy atom. The standard InChI is InChI=1S/C27H32N2O6/c1-5-28(6-2)15-8-16-29-23(18-11-13-19(14-12-18)27(33)35-4)22(25(31)26(29)32)24(30)20-9-7-10-21(17-20)34-3/h7,9-14,17,23,30H,5-6,8,15-16H2,1-4H3/b24-22+/t23-/m1/s1. The fourth-order valence-electron chi connectivity index (χ4n) is 4.31. The van der Waals surface area contributed by atoms with Crippen LogP contribution in [0.15, 0.2) is 54.1 Å². The van der Waals surface area contributed by atoms with E-state index in [-0.39, 0.29) is 11.3 Å². The minimum Gasteiger partial charge on any atom is -0.507 e. The van der Waals surface area contributed by atoms with Crippen LogP contribution in [0.4, 0.5) is 0 Å². The highest BCUT2D eigenvalue weighted by molar-refractivity contribution is 6.46. The van der Waals surface area contributed by atoms with Crippen LogP contribution in [0.3, 0.4) is 0 Å². The van der Waals surface area contributed by atoms with Crippen LogP contribution in [-0.4, -0.2) is 73.0 Å². The monoisotopic (exact) mass is 480 g/mol. The molecule has 1 aliphatic rings. The second kappa shape index (κ2) is 11.7. The van der Waals surface area contributed by atoms with Gasteiger partial charge in [-0.15, -0.1) is 0 Å². The molecule has 0 saturated carbocycles. The lowest BCUT2D eigenvalue weighted by Gasteiger charge is -2.27. The second-order valence-electron chi connectivity index (χ2n) is 8.22. The van der Waals surface area contributed by atoms with Crippen LogP contribution < -0.4 is 4.74 Å². The van der Waals surface area contributed by atoms with Gasteiger partial charge in [0.15, 0.2) is 0 Å². The van der Waals surface area contributed by atoms with Crippen LogP contribution in [0.2, 0.25) is 0 Å². The molecule has 0 aromatic heterocycles. The predicted molar refractivity (Wildman–Crippen MR) is 132 cm³/mol. The zero-order chi connectivity index (χ0) is 25.5. The lowest BCUT2D eigenvalue weighted by molar-refractivity contribution is -0.140. The first-order valence-electron chi connectivity index (χ1n) is 11.7. The minimum absolute atomic E-state index is 0.0110. The lowest BCUT2D eigenvalue weighted by Crippen LogP contribution is -2.33. The van der Waals surface area contributed by atoms with Crippen molar-refractivity contribution in [3.05, 3.63) is 70.8 Å². The average molecular weight is 481 g/mol. The number of benzene rings is 2. The van der Waals surface area contributed by atoms with Crippen molar-refractivity contribution in [2.75, 3.05) is 40.4 Å². The maximum Gasteiger partial charge on any atom is 0.337 e. The number of likely N-dealkylation sites (tertiary alicyclic amines) is 1. The van der Waals surface area contributed by atoms with E-state index in [2.05, 4.69) is 18.7 Å². The van der Waals surface area contributed by atoms with Crippen molar-refractivity contribution in [1.82, 2.24) is 9.80 Å². The molecule has 0 aliphatic carbocycles. The highest BCUT2D eigenvalue weighted by Crippen LogP contribution is 2.40. The van der Waals surface area contributed by atoms with Gasteiger partial charge in [0, 0.05) is 12.1 Å². The molecule has 0 spiro atoms. The maximum atomic E-state index is 13.2. The van der Waals surface area contributed by atoms with Crippen LogP contribution in [0, 0.1) is 0 Å². The number of methoxy groups -OCH3 is 2. The SMILES string of the molecule is CCN(CC)CCCN1C(=O)C(=O)/C(=C(/O)c2cccc(OC)c2)[C@H]1c1ccc(C(=O)OC)cc1. The summed E-state index contributed by atoms with van der Waals surface area (Å²) in [5.74, 6) is -1.63. The summed E-state index contributed by atoms with van der Waals surface area (Å²) in [4.78, 5) is 41.9. The largest absolute Gasteiger partial charge is 0.507 e. The van der Waals surface area contributed by atoms with E-state index in [0.717, 1.165) is 19.6 Å². The number of Topliss-reactive ketones (excluding diaryl/α,β-unsaturated/α-hetero) is 1. The van der Waals surface area contributed by atoms with E-state index in [1.807, 2.05) is 0 Å². The number of carbonyl (C=O) groups is 3. The summed E-state index contributed by atoms with van der Waals surface area (Å²) in [6.07, 6.45) is 0.671. The Bertz CT molecular complexity index is 1100. The predicted octanol–water partition coefficient (Wildman–Crippen LogP) is 3.64. The second-order valence-corrected chi connectivity index (χ2v) is 8.22. The van der Waals surface area contributed by atoms with Crippen molar-refractivity contribution in [2.45, 2.75) is 26.3 Å². The summed E-state index contributed by atoms with van der Waals surface area (Å²) < 4.78 is 10.0. The molecule has 2 aromatic carbocycles. The Morgan fingerprint density at radius 2 is 1.71 bits per heavy atom. The number of ether oxygens (including phenoxy) is 2. The Hall–Kier alpha value is -3.65. The highest BCUT2D eigenvalue weighted by atomic mass is 16.5. The van der Waals surface area contributed by atoms with Crippen molar-refractivity contribution in [3.63, 3.8) is 0 Å². The molecule has 1 heterocycles. The number of aliphatic hydroxyl groups excluding tert-OH is 1. The number of hydrogen-bond donors (Lipinski definition) is 1. The Labute approximate surface area is 205 Å². The first kappa shape index (κ1) is 26.0. The number of aliphatic hydroxyl groups is 1. The molecule has 0 unspecified atom stereocenters. The van der Waals surface area contributed by atoms with Crippen molar-refractivity contribution in [3.8, 4) is 5.75 Å². The molecule has 35 heavy (non-hydrogen) atoms. The molecule has 1 amide bonds. The number of hydrogen-bond acceptors (Lipinski definition) is 7. The van der Waals surface area contributed by atoms with Crippen LogP contribution in [-0.2, 0) is 14.3 Å². The summed E-state index contributed by atoms with van der Waals surface area (Å²) in [6.45, 7) is 7.06. The quantitative estimate of drug-likeness (QED) is 0.240. The number of nitrogens with zero attached hydrogens (tertiary/aromatic N) is 2. The average Bonchev–Trinajstić information content (AvgIpc) is 3.15. The number of amides is 1. The van der Waals surface area contributed by atoms with E-state index < -0.39 is 23.7 Å². The van der Waals surface area contributed by atoms with Crippen LogP contribution in [0.5, 0.6) is 5.75 Å². The normalized spacial score (nSPS) is 17.2. The number of ketones is 1. The van der Waals surface area contributed by atoms with E-state index >= 15 is 0 Å². The van der Waals surface area contributed by atoms with Gasteiger partial charge in [-0.05, 0) is 55.9 Å². The van der Waals surface area contributed by atoms with Gasteiger partial charge >= 0.3 is 5.97 Å². The van der Waals surface area contributed by atoms with Gasteiger partial charge in [-0.25, -0.2) is 4.79 Å². The summed E-state index contributed by atoms with van der Waals surface area (Å²) in [6, 6.07) is 12.4. The lowest BCUT2D eigenvalue weighted by atomic mass is 9.94. The van der Waals surface area contributed by atoms with E-state index in [4.69, 9.17) is 9.47 Å².